The summed E-state index contributed by atoms with van der Waals surface area (Å²) in [5.41, 5.74) is 8.98. The largest absolute Gasteiger partial charge is 0.306 e. The van der Waals surface area contributed by atoms with Crippen molar-refractivity contribution in [3.05, 3.63) is 102 Å². The maximum absolute atomic E-state index is 17.0. The molecule has 0 aromatic carbocycles. The summed E-state index contributed by atoms with van der Waals surface area (Å²) >= 11 is 11.5. The molecule has 2 aliphatic heterocycles. The first-order chi connectivity index (χ1) is 51.2. The van der Waals surface area contributed by atoms with Crippen molar-refractivity contribution in [2.24, 2.45) is 11.8 Å². The van der Waals surface area contributed by atoms with Gasteiger partial charge in [0.15, 0.2) is 0 Å². The van der Waals surface area contributed by atoms with Crippen molar-refractivity contribution < 1.29 is 9.59 Å². The van der Waals surface area contributed by atoms with Crippen LogP contribution in [0.15, 0.2) is 70.4 Å². The van der Waals surface area contributed by atoms with Gasteiger partial charge in [-0.05, 0) is 170 Å². The second-order valence-electron chi connectivity index (χ2n) is 31.7. The Kier molecular flexibility index (Phi) is 41.8. The average Bonchev–Trinajstić information content (AvgIpc) is 1.55. The molecular formula is C94H144N2O2S6. The topological polar surface area (TPSA) is 40.6 Å². The number of amides is 2. The normalized spacial score (nSPS) is 14.0. The molecule has 6 aromatic rings. The van der Waals surface area contributed by atoms with Crippen LogP contribution in [0.3, 0.4) is 0 Å². The standard InChI is InChI=1S/C94H144N2O2S6/c1-9-17-25-29-33-37-39-43-47-51-55-73(53-49-45-41-35-31-27-19-11-3)71-95-87(83-69-77(59-23-15-7)91(103-83)81-63-61-79(101-81)89-75(57-21-13-5)65-67-99-89)85-86(93(95)97)88(84-70-78(60-24-16-8)92(104-84)82-64-62-80(102-82)90-76(58-22-14-6)66-68-100-90)96(94(85)98)72-74(54-50-46-42-36-32-28-20-12-4)56-52-48-44-40-38-34-30-26-18-10-2/h61-70,73-74H,9-60,71-72H2,1-8H3. The molecule has 10 heteroatoms. The molecule has 0 saturated heterocycles. The van der Waals surface area contributed by atoms with Crippen molar-refractivity contribution in [3.8, 4) is 39.0 Å². The van der Waals surface area contributed by atoms with Gasteiger partial charge in [-0.2, -0.15) is 0 Å². The van der Waals surface area contributed by atoms with Crippen LogP contribution in [0.2, 0.25) is 0 Å². The van der Waals surface area contributed by atoms with Gasteiger partial charge in [-0.25, -0.2) is 0 Å². The van der Waals surface area contributed by atoms with Crippen molar-refractivity contribution in [2.45, 2.75) is 389 Å². The summed E-state index contributed by atoms with van der Waals surface area (Å²) in [6.45, 7) is 19.9. The van der Waals surface area contributed by atoms with Crippen LogP contribution in [0.5, 0.6) is 0 Å². The summed E-state index contributed by atoms with van der Waals surface area (Å²) in [4.78, 5) is 51.7. The van der Waals surface area contributed by atoms with E-state index >= 15 is 9.59 Å². The summed E-state index contributed by atoms with van der Waals surface area (Å²) in [7, 11) is 0. The van der Waals surface area contributed by atoms with Crippen LogP contribution in [0.4, 0.5) is 0 Å². The van der Waals surface area contributed by atoms with Crippen LogP contribution in [0.1, 0.15) is 396 Å². The van der Waals surface area contributed by atoms with Gasteiger partial charge in [-0.15, -0.1) is 68.0 Å². The molecule has 4 nitrogen and oxygen atoms in total. The zero-order valence-corrected chi connectivity index (χ0v) is 72.2. The second-order valence-corrected chi connectivity index (χ2v) is 37.8. The predicted molar refractivity (Wildman–Crippen MR) is 468 cm³/mol. The third kappa shape index (κ3) is 27.0. The SMILES string of the molecule is CCCCCCCCCCCCC(CCCCCCCCCC)CN1C(=O)C2=C(c3cc(CCCC)c(-c4ccc(-c5sccc5CCCC)s4)s3)N(CC(CCCCCCCCCC)CCCCCCCCCCCC)C(=O)C2=C1c1cc(CCCC)c(-c2ccc(-c3sccc3CCCC)s2)s1. The highest BCUT2D eigenvalue weighted by molar-refractivity contribution is 7.27. The van der Waals surface area contributed by atoms with E-state index in [1.165, 1.54) is 318 Å². The minimum absolute atomic E-state index is 0.0840. The van der Waals surface area contributed by atoms with E-state index in [2.05, 4.69) is 124 Å². The molecule has 0 radical (unpaired) electrons. The summed E-state index contributed by atoms with van der Waals surface area (Å²) < 4.78 is 0. The number of nitrogens with zero attached hydrogens (tertiary/aromatic N) is 2. The lowest BCUT2D eigenvalue weighted by Crippen LogP contribution is -2.34. The first-order valence-electron chi connectivity index (χ1n) is 43.9. The summed E-state index contributed by atoms with van der Waals surface area (Å²) in [6, 6.07) is 19.3. The fourth-order valence-electron chi connectivity index (χ4n) is 16.4. The predicted octanol–water partition coefficient (Wildman–Crippen LogP) is 32.8. The molecule has 0 spiro atoms. The summed E-state index contributed by atoms with van der Waals surface area (Å²) in [5.74, 6) is 0.880. The van der Waals surface area contributed by atoms with E-state index in [0.717, 1.165) is 98.2 Å². The fourth-order valence-corrected chi connectivity index (χ4v) is 23.5. The number of hydrogen-bond acceptors (Lipinski definition) is 8. The fraction of sp³-hybridized carbons (Fsp3) is 0.681. The maximum atomic E-state index is 17.0. The van der Waals surface area contributed by atoms with Crippen molar-refractivity contribution in [1.29, 1.82) is 0 Å². The molecule has 104 heavy (non-hydrogen) atoms. The van der Waals surface area contributed by atoms with Gasteiger partial charge < -0.3 is 9.80 Å². The monoisotopic (exact) mass is 1520 g/mol. The number of aryl methyl sites for hydroxylation is 4. The molecule has 578 valence electrons. The Morgan fingerprint density at radius 3 is 0.798 bits per heavy atom. The Bertz CT molecular complexity index is 3170. The summed E-state index contributed by atoms with van der Waals surface area (Å²) in [6.07, 6.45) is 65.2. The number of unbranched alkanes of at least 4 members (excludes halogenated alkanes) is 36. The van der Waals surface area contributed by atoms with E-state index in [4.69, 9.17) is 0 Å². The van der Waals surface area contributed by atoms with Crippen LogP contribution in [-0.2, 0) is 35.3 Å². The molecule has 8 rings (SSSR count). The first-order valence-corrected chi connectivity index (χ1v) is 49.0. The first kappa shape index (κ1) is 86.2. The Hall–Kier alpha value is -3.38. The molecule has 2 unspecified atom stereocenters. The summed E-state index contributed by atoms with van der Waals surface area (Å²) in [5, 5.41) is 4.59. The smallest absolute Gasteiger partial charge is 0.261 e. The van der Waals surface area contributed by atoms with Crippen LogP contribution in [-0.4, -0.2) is 34.7 Å². The quantitative estimate of drug-likeness (QED) is 0.0357. The van der Waals surface area contributed by atoms with E-state index in [-0.39, 0.29) is 11.8 Å². The van der Waals surface area contributed by atoms with Gasteiger partial charge in [-0.3, -0.25) is 9.59 Å². The van der Waals surface area contributed by atoms with E-state index in [1.807, 2.05) is 68.0 Å². The third-order valence-electron chi connectivity index (χ3n) is 22.8. The molecule has 8 heterocycles. The number of fused-ring (bicyclic) bond motifs is 1. The molecule has 0 fully saturated rings. The Morgan fingerprint density at radius 2 is 0.519 bits per heavy atom. The van der Waals surface area contributed by atoms with Crippen LogP contribution in [0.25, 0.3) is 50.4 Å². The van der Waals surface area contributed by atoms with Gasteiger partial charge in [0.2, 0.25) is 0 Å². The van der Waals surface area contributed by atoms with Gasteiger partial charge in [0.05, 0.1) is 32.3 Å². The Morgan fingerprint density at radius 1 is 0.269 bits per heavy atom. The molecule has 2 atom stereocenters. The van der Waals surface area contributed by atoms with E-state index in [1.54, 1.807) is 0 Å². The van der Waals surface area contributed by atoms with Gasteiger partial charge >= 0.3 is 0 Å². The number of hydrogen-bond donors (Lipinski definition) is 0. The van der Waals surface area contributed by atoms with Gasteiger partial charge in [-0.1, -0.05) is 312 Å². The van der Waals surface area contributed by atoms with Gasteiger partial charge in [0.1, 0.15) is 0 Å². The van der Waals surface area contributed by atoms with Gasteiger partial charge in [0.25, 0.3) is 11.8 Å². The van der Waals surface area contributed by atoms with E-state index in [0.29, 0.717) is 36.1 Å². The number of rotatable bonds is 62. The van der Waals surface area contributed by atoms with Crippen LogP contribution in [0, 0.1) is 11.8 Å². The van der Waals surface area contributed by atoms with E-state index in [9.17, 15) is 0 Å². The molecular weight excluding hydrogens is 1380 g/mol. The van der Waals surface area contributed by atoms with Crippen molar-refractivity contribution >= 4 is 91.2 Å². The highest BCUT2D eigenvalue weighted by Crippen LogP contribution is 2.54. The van der Waals surface area contributed by atoms with Crippen molar-refractivity contribution in [2.75, 3.05) is 13.1 Å². The van der Waals surface area contributed by atoms with Crippen LogP contribution >= 0.6 is 68.0 Å². The van der Waals surface area contributed by atoms with Crippen molar-refractivity contribution in [3.63, 3.8) is 0 Å². The molecule has 2 amide bonds. The molecule has 0 aliphatic carbocycles. The number of thiophene rings is 6. The lowest BCUT2D eigenvalue weighted by Gasteiger charge is -2.29. The Balaban J connectivity index is 1.26. The minimum atomic E-state index is 0.0840. The molecule has 0 N–H and O–H groups in total. The van der Waals surface area contributed by atoms with Crippen molar-refractivity contribution in [1.82, 2.24) is 9.80 Å². The van der Waals surface area contributed by atoms with E-state index < -0.39 is 0 Å². The highest BCUT2D eigenvalue weighted by Gasteiger charge is 2.50. The zero-order valence-electron chi connectivity index (χ0n) is 67.3. The zero-order chi connectivity index (χ0) is 73.4. The number of carbonyl (C=O) groups is 2. The third-order valence-corrected chi connectivity index (χ3v) is 30.0. The molecule has 0 bridgehead atoms. The lowest BCUT2D eigenvalue weighted by molar-refractivity contribution is -0.124. The minimum Gasteiger partial charge on any atom is -0.306 e. The second kappa shape index (κ2) is 50.4. The molecule has 2 aliphatic rings. The highest BCUT2D eigenvalue weighted by atomic mass is 32.1. The number of carbonyl (C=O) groups excluding carboxylic acids is 2. The van der Waals surface area contributed by atoms with Gasteiger partial charge in [0, 0.05) is 52.1 Å². The lowest BCUT2D eigenvalue weighted by atomic mass is 9.93. The Labute approximate surface area is 661 Å². The molecule has 6 aromatic heterocycles. The average molecular weight is 1530 g/mol. The maximum Gasteiger partial charge on any atom is 0.261 e. The molecule has 0 saturated carbocycles. The van der Waals surface area contributed by atoms with Crippen LogP contribution < -0.4 is 0 Å².